The summed E-state index contributed by atoms with van der Waals surface area (Å²) in [5.74, 6) is 0.916. The number of hydrogen-bond donors (Lipinski definition) is 0. The molecule has 1 saturated carbocycles. The molecule has 2 aromatic carbocycles. The number of rotatable bonds is 5. The maximum Gasteiger partial charge on any atom is 0.144 e. The van der Waals surface area contributed by atoms with E-state index >= 15 is 0 Å². The molecule has 0 heterocycles. The van der Waals surface area contributed by atoms with Crippen LogP contribution in [-0.4, -0.2) is 0 Å². The smallest absolute Gasteiger partial charge is 0.144 e. The van der Waals surface area contributed by atoms with Crippen molar-refractivity contribution >= 4 is 0 Å². The zero-order valence-electron chi connectivity index (χ0n) is 18.3. The predicted molar refractivity (Wildman–Crippen MR) is 122 cm³/mol. The standard InChI is InChI=1S/C28H31F2N/c1-2-3-4-5-19-6-8-20(9-7-19)21-10-11-23-15-24(13-12-22(23)14-21)25-16-27(29)26(18-31)28(30)17-25/h2-3,12-13,15-17,19-21H,4-11,14H2,1H3/b3-2+. The van der Waals surface area contributed by atoms with E-state index < -0.39 is 17.2 Å². The monoisotopic (exact) mass is 419 g/mol. The number of nitriles is 1. The number of benzene rings is 2. The molecule has 0 spiro atoms. The Hall–Kier alpha value is -2.47. The predicted octanol–water partition coefficient (Wildman–Crippen LogP) is 7.77. The first kappa shape index (κ1) is 21.8. The fourth-order valence-electron chi connectivity index (χ4n) is 5.66. The lowest BCUT2D eigenvalue weighted by molar-refractivity contribution is 0.185. The minimum atomic E-state index is -0.795. The first-order valence-electron chi connectivity index (χ1n) is 11.7. The molecule has 0 saturated heterocycles. The Labute approximate surface area is 184 Å². The number of aryl methyl sites for hydroxylation is 1. The van der Waals surface area contributed by atoms with Crippen LogP contribution in [0.3, 0.4) is 0 Å². The van der Waals surface area contributed by atoms with Crippen LogP contribution < -0.4 is 0 Å². The summed E-state index contributed by atoms with van der Waals surface area (Å²) in [6, 6.07) is 10.3. The Morgan fingerprint density at radius 1 is 0.935 bits per heavy atom. The van der Waals surface area contributed by atoms with E-state index in [0.29, 0.717) is 5.56 Å². The molecule has 0 N–H and O–H groups in total. The van der Waals surface area contributed by atoms with Gasteiger partial charge in [-0.05, 0) is 104 Å². The lowest BCUT2D eigenvalue weighted by Gasteiger charge is -2.36. The summed E-state index contributed by atoms with van der Waals surface area (Å²) < 4.78 is 28.1. The zero-order valence-corrected chi connectivity index (χ0v) is 18.3. The van der Waals surface area contributed by atoms with Crippen molar-refractivity contribution in [2.24, 2.45) is 17.8 Å². The van der Waals surface area contributed by atoms with Crippen LogP contribution in [0.15, 0.2) is 42.5 Å². The van der Waals surface area contributed by atoms with Crippen LogP contribution in [0, 0.1) is 40.7 Å². The van der Waals surface area contributed by atoms with Crippen LogP contribution in [0.2, 0.25) is 0 Å². The molecule has 162 valence electrons. The van der Waals surface area contributed by atoms with E-state index in [1.54, 1.807) is 6.07 Å². The average molecular weight is 420 g/mol. The van der Waals surface area contributed by atoms with Gasteiger partial charge < -0.3 is 0 Å². The molecular weight excluding hydrogens is 388 g/mol. The minimum absolute atomic E-state index is 0.496. The van der Waals surface area contributed by atoms with Gasteiger partial charge in [0, 0.05) is 0 Å². The van der Waals surface area contributed by atoms with E-state index in [9.17, 15) is 8.78 Å². The van der Waals surface area contributed by atoms with Crippen molar-refractivity contribution in [3.8, 4) is 17.2 Å². The highest BCUT2D eigenvalue weighted by Crippen LogP contribution is 2.41. The number of nitrogens with zero attached hydrogens (tertiary/aromatic N) is 1. The van der Waals surface area contributed by atoms with Gasteiger partial charge >= 0.3 is 0 Å². The van der Waals surface area contributed by atoms with Crippen LogP contribution in [0.4, 0.5) is 8.78 Å². The van der Waals surface area contributed by atoms with Crippen LogP contribution >= 0.6 is 0 Å². The Morgan fingerprint density at radius 2 is 1.68 bits per heavy atom. The van der Waals surface area contributed by atoms with Crippen molar-refractivity contribution in [3.05, 3.63) is 70.8 Å². The third kappa shape index (κ3) is 4.90. The van der Waals surface area contributed by atoms with Gasteiger partial charge in [0.05, 0.1) is 0 Å². The van der Waals surface area contributed by atoms with Crippen molar-refractivity contribution in [1.29, 1.82) is 5.26 Å². The maximum absolute atomic E-state index is 14.0. The van der Waals surface area contributed by atoms with E-state index in [1.165, 1.54) is 68.2 Å². The third-order valence-corrected chi connectivity index (χ3v) is 7.50. The first-order chi connectivity index (χ1) is 15.1. The summed E-state index contributed by atoms with van der Waals surface area (Å²) in [5, 5.41) is 8.88. The largest absolute Gasteiger partial charge is 0.205 e. The molecule has 0 aromatic heterocycles. The fourth-order valence-corrected chi connectivity index (χ4v) is 5.66. The number of halogens is 2. The summed E-state index contributed by atoms with van der Waals surface area (Å²) in [7, 11) is 0. The minimum Gasteiger partial charge on any atom is -0.205 e. The molecule has 31 heavy (non-hydrogen) atoms. The van der Waals surface area contributed by atoms with Gasteiger partial charge in [0.15, 0.2) is 0 Å². The number of fused-ring (bicyclic) bond motifs is 1. The van der Waals surface area contributed by atoms with Gasteiger partial charge in [-0.15, -0.1) is 0 Å². The second-order valence-electron chi connectivity index (χ2n) is 9.34. The van der Waals surface area contributed by atoms with E-state index in [-0.39, 0.29) is 0 Å². The Balaban J connectivity index is 1.41. The third-order valence-electron chi connectivity index (χ3n) is 7.50. The lowest BCUT2D eigenvalue weighted by atomic mass is 9.69. The molecule has 1 unspecified atom stereocenters. The van der Waals surface area contributed by atoms with Gasteiger partial charge in [0.2, 0.25) is 0 Å². The Morgan fingerprint density at radius 3 is 2.35 bits per heavy atom. The highest BCUT2D eigenvalue weighted by Gasteiger charge is 2.30. The SMILES string of the molecule is C/C=C/CCC1CCC(C2CCc3cc(-c4cc(F)c(C#N)c(F)c4)ccc3C2)CC1. The van der Waals surface area contributed by atoms with Gasteiger partial charge in [-0.3, -0.25) is 0 Å². The molecule has 3 heteroatoms. The highest BCUT2D eigenvalue weighted by molar-refractivity contribution is 5.66. The molecule has 2 aromatic rings. The molecule has 1 atom stereocenters. The second kappa shape index (κ2) is 9.77. The average Bonchev–Trinajstić information content (AvgIpc) is 2.79. The van der Waals surface area contributed by atoms with Gasteiger partial charge in [-0.1, -0.05) is 43.2 Å². The summed E-state index contributed by atoms with van der Waals surface area (Å²) in [4.78, 5) is 0. The molecule has 2 aliphatic rings. The second-order valence-corrected chi connectivity index (χ2v) is 9.34. The normalized spacial score (nSPS) is 23.5. The van der Waals surface area contributed by atoms with Crippen LogP contribution in [0.1, 0.15) is 68.6 Å². The van der Waals surface area contributed by atoms with Crippen molar-refractivity contribution in [2.45, 2.75) is 64.7 Å². The molecule has 0 radical (unpaired) electrons. The summed E-state index contributed by atoms with van der Waals surface area (Å²) >= 11 is 0. The number of hydrogen-bond acceptors (Lipinski definition) is 1. The van der Waals surface area contributed by atoms with Gasteiger partial charge in [0.1, 0.15) is 23.3 Å². The van der Waals surface area contributed by atoms with Crippen molar-refractivity contribution in [2.75, 3.05) is 0 Å². The van der Waals surface area contributed by atoms with Crippen LogP contribution in [0.5, 0.6) is 0 Å². The lowest BCUT2D eigenvalue weighted by Crippen LogP contribution is -2.26. The van der Waals surface area contributed by atoms with Gasteiger partial charge in [0.25, 0.3) is 0 Å². The van der Waals surface area contributed by atoms with E-state index in [0.717, 1.165) is 36.2 Å². The zero-order chi connectivity index (χ0) is 21.8. The molecule has 0 bridgehead atoms. The summed E-state index contributed by atoms with van der Waals surface area (Å²) in [6.07, 6.45) is 15.9. The highest BCUT2D eigenvalue weighted by atomic mass is 19.1. The molecule has 1 fully saturated rings. The van der Waals surface area contributed by atoms with E-state index in [2.05, 4.69) is 31.2 Å². The molecule has 0 amide bonds. The summed E-state index contributed by atoms with van der Waals surface area (Å²) in [6.45, 7) is 2.10. The molecule has 2 aliphatic carbocycles. The quantitative estimate of drug-likeness (QED) is 0.454. The van der Waals surface area contributed by atoms with Crippen molar-refractivity contribution in [1.82, 2.24) is 0 Å². The van der Waals surface area contributed by atoms with Gasteiger partial charge in [-0.25, -0.2) is 8.78 Å². The van der Waals surface area contributed by atoms with Crippen molar-refractivity contribution in [3.63, 3.8) is 0 Å². The Kier molecular flexibility index (Phi) is 6.86. The molecule has 1 nitrogen and oxygen atoms in total. The van der Waals surface area contributed by atoms with Crippen molar-refractivity contribution < 1.29 is 8.78 Å². The van der Waals surface area contributed by atoms with E-state index in [1.807, 2.05) is 6.07 Å². The Bertz CT molecular complexity index is 970. The van der Waals surface area contributed by atoms with Crippen LogP contribution in [0.25, 0.3) is 11.1 Å². The summed E-state index contributed by atoms with van der Waals surface area (Å²) in [5.41, 5.74) is 3.50. The first-order valence-corrected chi connectivity index (χ1v) is 11.7. The van der Waals surface area contributed by atoms with Gasteiger partial charge in [-0.2, -0.15) is 5.26 Å². The number of allylic oxidation sites excluding steroid dienone is 2. The molecular formula is C28H31F2N. The molecule has 0 aliphatic heterocycles. The molecule has 4 rings (SSSR count). The maximum atomic E-state index is 14.0. The fraction of sp³-hybridized carbons (Fsp3) is 0.464. The topological polar surface area (TPSA) is 23.8 Å². The van der Waals surface area contributed by atoms with Crippen LogP contribution in [-0.2, 0) is 12.8 Å². The van der Waals surface area contributed by atoms with E-state index in [4.69, 9.17) is 5.26 Å².